The van der Waals surface area contributed by atoms with E-state index in [1.807, 2.05) is 18.2 Å². The number of rotatable bonds is 7. The number of halogens is 1. The van der Waals surface area contributed by atoms with E-state index in [1.165, 1.54) is 18.5 Å². The summed E-state index contributed by atoms with van der Waals surface area (Å²) in [5, 5.41) is 0. The molecule has 0 N–H and O–H groups in total. The molecule has 0 fully saturated rings. The molecule has 0 aliphatic heterocycles. The average molecular weight is 312 g/mol. The molecule has 0 amide bonds. The molecule has 0 bridgehead atoms. The van der Waals surface area contributed by atoms with Crippen LogP contribution in [0.5, 0.6) is 0 Å². The molecule has 0 atom stereocenters. The molecule has 2 nitrogen and oxygen atoms in total. The molecular formula is C15H22BrNO. The van der Waals surface area contributed by atoms with Crippen LogP contribution in [0, 0.1) is 5.92 Å². The fourth-order valence-electron chi connectivity index (χ4n) is 2.11. The van der Waals surface area contributed by atoms with Crippen molar-refractivity contribution in [3.05, 3.63) is 28.2 Å². The van der Waals surface area contributed by atoms with E-state index in [9.17, 15) is 4.79 Å². The summed E-state index contributed by atoms with van der Waals surface area (Å²) in [5.74, 6) is 0.725. The number of hydrogen-bond donors (Lipinski definition) is 0. The molecule has 0 aliphatic rings. The second-order valence-corrected chi connectivity index (χ2v) is 5.40. The molecular weight excluding hydrogens is 290 g/mol. The third-order valence-electron chi connectivity index (χ3n) is 3.46. The number of aldehydes is 1. The number of benzene rings is 1. The number of hydrogen-bond acceptors (Lipinski definition) is 2. The quantitative estimate of drug-likeness (QED) is 0.690. The maximum Gasteiger partial charge on any atom is 0.150 e. The van der Waals surface area contributed by atoms with Gasteiger partial charge in [-0.3, -0.25) is 4.79 Å². The minimum atomic E-state index is 0.712. The molecule has 0 heterocycles. The van der Waals surface area contributed by atoms with Gasteiger partial charge in [0, 0.05) is 23.1 Å². The molecule has 0 spiro atoms. The first-order valence-corrected chi connectivity index (χ1v) is 7.45. The SMILES string of the molecule is CCC(CC)CN(CC)c1ccc(C=O)cc1Br. The fraction of sp³-hybridized carbons (Fsp3) is 0.533. The van der Waals surface area contributed by atoms with E-state index < -0.39 is 0 Å². The maximum atomic E-state index is 10.7. The zero-order valence-electron chi connectivity index (χ0n) is 11.4. The second kappa shape index (κ2) is 7.57. The Morgan fingerprint density at radius 1 is 1.28 bits per heavy atom. The van der Waals surface area contributed by atoms with Crippen LogP contribution in [-0.2, 0) is 0 Å². The molecule has 0 radical (unpaired) electrons. The summed E-state index contributed by atoms with van der Waals surface area (Å²) in [5.41, 5.74) is 1.89. The molecule has 0 aromatic heterocycles. The molecule has 100 valence electrons. The van der Waals surface area contributed by atoms with Crippen molar-refractivity contribution in [1.29, 1.82) is 0 Å². The summed E-state index contributed by atoms with van der Waals surface area (Å²) >= 11 is 3.56. The Hall–Kier alpha value is -0.830. The van der Waals surface area contributed by atoms with Crippen LogP contribution in [0.25, 0.3) is 0 Å². The van der Waals surface area contributed by atoms with Crippen molar-refractivity contribution in [2.24, 2.45) is 5.92 Å². The van der Waals surface area contributed by atoms with Gasteiger partial charge in [-0.1, -0.05) is 26.7 Å². The minimum absolute atomic E-state index is 0.712. The van der Waals surface area contributed by atoms with Gasteiger partial charge in [0.25, 0.3) is 0 Å². The van der Waals surface area contributed by atoms with Crippen molar-refractivity contribution in [3.8, 4) is 0 Å². The van der Waals surface area contributed by atoms with Gasteiger partial charge in [-0.15, -0.1) is 0 Å². The zero-order chi connectivity index (χ0) is 13.5. The lowest BCUT2D eigenvalue weighted by atomic mass is 10.0. The van der Waals surface area contributed by atoms with Crippen LogP contribution in [0.2, 0.25) is 0 Å². The Kier molecular flexibility index (Phi) is 6.41. The zero-order valence-corrected chi connectivity index (χ0v) is 13.0. The van der Waals surface area contributed by atoms with Gasteiger partial charge in [-0.05, 0) is 47.0 Å². The van der Waals surface area contributed by atoms with Crippen molar-refractivity contribution in [1.82, 2.24) is 0 Å². The van der Waals surface area contributed by atoms with E-state index >= 15 is 0 Å². The lowest BCUT2D eigenvalue weighted by Gasteiger charge is -2.28. The van der Waals surface area contributed by atoms with Gasteiger partial charge in [0.1, 0.15) is 6.29 Å². The van der Waals surface area contributed by atoms with Gasteiger partial charge in [0.15, 0.2) is 0 Å². The molecule has 18 heavy (non-hydrogen) atoms. The van der Waals surface area contributed by atoms with Crippen molar-refractivity contribution in [2.75, 3.05) is 18.0 Å². The standard InChI is InChI=1S/C15H22BrNO/c1-4-12(5-2)10-17(6-3)15-8-7-13(11-18)9-14(15)16/h7-9,11-12H,4-6,10H2,1-3H3. The van der Waals surface area contributed by atoms with Gasteiger partial charge in [0.2, 0.25) is 0 Å². The van der Waals surface area contributed by atoms with Gasteiger partial charge in [-0.25, -0.2) is 0 Å². The highest BCUT2D eigenvalue weighted by molar-refractivity contribution is 9.10. The van der Waals surface area contributed by atoms with Crippen molar-refractivity contribution < 1.29 is 4.79 Å². The van der Waals surface area contributed by atoms with E-state index in [1.54, 1.807) is 0 Å². The monoisotopic (exact) mass is 311 g/mol. The van der Waals surface area contributed by atoms with E-state index in [4.69, 9.17) is 0 Å². The minimum Gasteiger partial charge on any atom is -0.371 e. The maximum absolute atomic E-state index is 10.7. The number of anilines is 1. The third kappa shape index (κ3) is 3.84. The van der Waals surface area contributed by atoms with Gasteiger partial charge >= 0.3 is 0 Å². The summed E-state index contributed by atoms with van der Waals surface area (Å²) in [7, 11) is 0. The number of carbonyl (C=O) groups excluding carboxylic acids is 1. The highest BCUT2D eigenvalue weighted by Gasteiger charge is 2.13. The average Bonchev–Trinajstić information content (AvgIpc) is 2.41. The second-order valence-electron chi connectivity index (χ2n) is 4.55. The largest absolute Gasteiger partial charge is 0.371 e. The summed E-state index contributed by atoms with van der Waals surface area (Å²) in [6.07, 6.45) is 3.29. The summed E-state index contributed by atoms with van der Waals surface area (Å²) in [6, 6.07) is 5.79. The van der Waals surface area contributed by atoms with Crippen LogP contribution in [0.4, 0.5) is 5.69 Å². The summed E-state index contributed by atoms with van der Waals surface area (Å²) < 4.78 is 1.000. The highest BCUT2D eigenvalue weighted by Crippen LogP contribution is 2.28. The first kappa shape index (κ1) is 15.2. The molecule has 0 saturated carbocycles. The van der Waals surface area contributed by atoms with E-state index in [0.717, 1.165) is 29.8 Å². The summed E-state index contributed by atoms with van der Waals surface area (Å²) in [6.45, 7) is 8.71. The Balaban J connectivity index is 2.91. The fourth-order valence-corrected chi connectivity index (χ4v) is 2.76. The van der Waals surface area contributed by atoms with Crippen molar-refractivity contribution in [3.63, 3.8) is 0 Å². The first-order chi connectivity index (χ1) is 8.65. The highest BCUT2D eigenvalue weighted by atomic mass is 79.9. The van der Waals surface area contributed by atoms with Crippen molar-refractivity contribution >= 4 is 27.9 Å². The van der Waals surface area contributed by atoms with Crippen molar-refractivity contribution in [2.45, 2.75) is 33.6 Å². The van der Waals surface area contributed by atoms with Crippen LogP contribution in [0.3, 0.4) is 0 Å². The third-order valence-corrected chi connectivity index (χ3v) is 4.10. The Morgan fingerprint density at radius 3 is 2.39 bits per heavy atom. The molecule has 1 aromatic carbocycles. The lowest BCUT2D eigenvalue weighted by molar-refractivity contribution is 0.112. The molecule has 1 aromatic rings. The summed E-state index contributed by atoms with van der Waals surface area (Å²) in [4.78, 5) is 13.1. The van der Waals surface area contributed by atoms with Crippen LogP contribution in [-0.4, -0.2) is 19.4 Å². The Labute approximate surface area is 119 Å². The molecule has 0 unspecified atom stereocenters. The number of nitrogens with zero attached hydrogens (tertiary/aromatic N) is 1. The molecule has 0 aliphatic carbocycles. The van der Waals surface area contributed by atoms with E-state index in [-0.39, 0.29) is 0 Å². The van der Waals surface area contributed by atoms with Gasteiger partial charge < -0.3 is 4.90 Å². The Morgan fingerprint density at radius 2 is 1.94 bits per heavy atom. The van der Waals surface area contributed by atoms with Gasteiger partial charge in [-0.2, -0.15) is 0 Å². The normalized spacial score (nSPS) is 10.7. The van der Waals surface area contributed by atoms with Crippen LogP contribution in [0.15, 0.2) is 22.7 Å². The predicted octanol–water partition coefficient (Wildman–Crippen LogP) is 4.52. The first-order valence-electron chi connectivity index (χ1n) is 6.65. The van der Waals surface area contributed by atoms with Crippen LogP contribution in [0.1, 0.15) is 44.0 Å². The topological polar surface area (TPSA) is 20.3 Å². The van der Waals surface area contributed by atoms with Crippen LogP contribution >= 0.6 is 15.9 Å². The van der Waals surface area contributed by atoms with Gasteiger partial charge in [0.05, 0.1) is 5.69 Å². The van der Waals surface area contributed by atoms with Crippen LogP contribution < -0.4 is 4.90 Å². The molecule has 1 rings (SSSR count). The Bertz CT molecular complexity index is 388. The predicted molar refractivity (Wildman–Crippen MR) is 81.5 cm³/mol. The molecule has 3 heteroatoms. The van der Waals surface area contributed by atoms with E-state index in [0.29, 0.717) is 5.56 Å². The molecule has 0 saturated heterocycles. The van der Waals surface area contributed by atoms with E-state index in [2.05, 4.69) is 41.6 Å². The lowest BCUT2D eigenvalue weighted by Crippen LogP contribution is -2.29. The number of carbonyl (C=O) groups is 1. The smallest absolute Gasteiger partial charge is 0.150 e.